The van der Waals surface area contributed by atoms with Crippen LogP contribution in [0.3, 0.4) is 0 Å². The molecule has 16 radical (unpaired) electrons. The molecule has 0 aromatic rings. The molecular formula is C58H95B7O10SY2-4. The number of thioether (sulfide) groups is 1. The van der Waals surface area contributed by atoms with Crippen molar-refractivity contribution in [3.05, 3.63) is 26.7 Å². The van der Waals surface area contributed by atoms with E-state index in [2.05, 4.69) is 111 Å². The molecule has 0 N–H and O–H groups in total. The third kappa shape index (κ3) is 14.7. The Hall–Kier alpha value is 2.61. The quantitative estimate of drug-likeness (QED) is 0.183. The van der Waals surface area contributed by atoms with Gasteiger partial charge in [-0.3, -0.25) is 0 Å². The van der Waals surface area contributed by atoms with Gasteiger partial charge in [-0.05, 0) is 62.7 Å². The Morgan fingerprint density at radius 2 is 0.808 bits per heavy atom. The van der Waals surface area contributed by atoms with Crippen LogP contribution in [-0.4, -0.2) is 185 Å². The van der Waals surface area contributed by atoms with Crippen molar-refractivity contribution < 1.29 is 113 Å². The minimum Gasteiger partial charge on any atom is -0.446 e. The summed E-state index contributed by atoms with van der Waals surface area (Å²) in [7, 11) is 40.1. The van der Waals surface area contributed by atoms with Crippen molar-refractivity contribution in [2.24, 2.45) is 47.3 Å². The van der Waals surface area contributed by atoms with Crippen LogP contribution in [0.2, 0.25) is 0 Å². The van der Waals surface area contributed by atoms with E-state index >= 15 is 0 Å². The van der Waals surface area contributed by atoms with Crippen molar-refractivity contribution in [3.63, 3.8) is 0 Å². The maximum absolute atomic E-state index is 5.85. The zero-order chi connectivity index (χ0) is 56.6. The molecule has 12 fully saturated rings. The molecule has 12 aliphatic rings. The third-order valence-corrected chi connectivity index (χ3v) is 22.9. The van der Waals surface area contributed by atoms with Crippen molar-refractivity contribution in [2.45, 2.75) is 266 Å². The molecule has 11 saturated heterocycles. The van der Waals surface area contributed by atoms with E-state index in [4.69, 9.17) is 102 Å². The van der Waals surface area contributed by atoms with Gasteiger partial charge in [0.25, 0.3) is 0 Å². The second-order valence-corrected chi connectivity index (χ2v) is 25.7. The minimum atomic E-state index is -0.264. The predicted molar refractivity (Wildman–Crippen MR) is 312 cm³/mol. The van der Waals surface area contributed by atoms with Gasteiger partial charge in [0, 0.05) is 137 Å². The van der Waals surface area contributed by atoms with E-state index in [-0.39, 0.29) is 165 Å². The number of fused-ring (bicyclic) bond motifs is 10. The minimum absolute atomic E-state index is 0. The maximum atomic E-state index is 5.85. The van der Waals surface area contributed by atoms with Gasteiger partial charge in [-0.25, -0.2) is 0 Å². The molecule has 0 aromatic carbocycles. The van der Waals surface area contributed by atoms with E-state index in [1.165, 1.54) is 12.8 Å². The molecule has 0 amide bonds. The van der Waals surface area contributed by atoms with Gasteiger partial charge in [-0.15, -0.1) is 12.0 Å². The van der Waals surface area contributed by atoms with E-state index in [9.17, 15) is 0 Å². The molecule has 0 aromatic heterocycles. The summed E-state index contributed by atoms with van der Waals surface area (Å²) in [5.74, 6) is 5.21. The van der Waals surface area contributed by atoms with Crippen molar-refractivity contribution in [2.75, 3.05) is 25.6 Å². The van der Waals surface area contributed by atoms with Crippen LogP contribution in [0.15, 0.2) is 0 Å². The van der Waals surface area contributed by atoms with Crippen molar-refractivity contribution in [3.8, 4) is 0 Å². The van der Waals surface area contributed by atoms with Gasteiger partial charge >= 0.3 is 0 Å². The standard InChI is InChI=1S/C9H15BO2.C9H15BO.2C8H13BO2.C8H13BOS.2C8H13BO.2Y/c1-3-9-4-5-11-7(6(9)2)8(10)12-9;1-3-9-5-4-7(6(9)2)8(10)11-9;2*1-3-8-4-10-6(5(8)2)7(9)11-8;1-3-8-4-11-6(5(8)2)7(9)10-8;2*1-4-8(3)6(2)5-7(9)10-8;;/h6-8H,3-5H2,1-2H3;6-8H,3-5H2,1-2H3;3*5-7H,3-4H2,1-2H3;2*5-7H,3-4H2,1-2H3;;/q;;;;;2*-2;;/t2*6-,7?,8-,9+;5-,6?,7+,8+;2*5-,6?,7-,8+;6-,7+,8?;6-,7-,8?;;/m1101101../s1. The summed E-state index contributed by atoms with van der Waals surface area (Å²) < 4.78 is 56.1. The van der Waals surface area contributed by atoms with Gasteiger partial charge in [0.05, 0.1) is 75.2 Å². The number of hydrogen-bond acceptors (Lipinski definition) is 11. The summed E-state index contributed by atoms with van der Waals surface area (Å²) >= 11 is 1.98. The molecule has 10 bridgehead atoms. The van der Waals surface area contributed by atoms with Gasteiger partial charge in [0.15, 0.2) is 0 Å². The Morgan fingerprint density at radius 1 is 0.436 bits per heavy atom. The predicted octanol–water partition coefficient (Wildman–Crippen LogP) is 8.26. The molecule has 7 unspecified atom stereocenters. The van der Waals surface area contributed by atoms with Crippen LogP contribution in [-0.2, 0) is 113 Å². The smallest absolute Gasteiger partial charge is 0.112 e. The number of rotatable bonds is 7. The van der Waals surface area contributed by atoms with Crippen molar-refractivity contribution in [1.29, 1.82) is 0 Å². The zero-order valence-corrected chi connectivity index (χ0v) is 57.1. The van der Waals surface area contributed by atoms with Crippen LogP contribution in [0.1, 0.15) is 161 Å². The molecule has 12 rings (SSSR count). The van der Waals surface area contributed by atoms with Crippen LogP contribution in [0, 0.1) is 74.0 Å². The Labute approximate surface area is 540 Å². The molecule has 26 atom stereocenters. The summed E-state index contributed by atoms with van der Waals surface area (Å²) in [4.78, 5) is 0. The van der Waals surface area contributed by atoms with E-state index in [0.717, 1.165) is 76.9 Å². The normalized spacial score (nSPS) is 51.6. The van der Waals surface area contributed by atoms with Gasteiger partial charge in [-0.2, -0.15) is 23.6 Å². The SMILES string of the molecule is [B][C@@H]1O[C@@]2(CC)CCC1[C@H]2C.[B][C@@H]1O[C@@]2(CC)CCOC1[C@H]2C.[B][C@@H]1O[C@@]2(CC)COC1[C@H]2C.[B][C@@H]1O[C@@]2(CC)CSC1[C@H]2C.[B][C@@H]1O[C@]2(CC)COC1[C@@H]2C.[B][C@H]1[CH-][C@@H](C)C([CH2-])(CC)O1.[B][C@H]1[CH-][C@H](C)C([CH2-])(CC)O1.[Y].[Y]. The second kappa shape index (κ2) is 29.7. The summed E-state index contributed by atoms with van der Waals surface area (Å²) in [5, 5.41) is 0.551. The van der Waals surface area contributed by atoms with Crippen molar-refractivity contribution >= 4 is 66.7 Å². The molecule has 20 heteroatoms. The molecule has 1 saturated carbocycles. The Bertz CT molecular complexity index is 1670. The summed E-state index contributed by atoms with van der Waals surface area (Å²) in [5.41, 5.74) is -0.367. The topological polar surface area (TPSA) is 92.3 Å². The van der Waals surface area contributed by atoms with Gasteiger partial charge in [0.1, 0.15) is 39.2 Å². The van der Waals surface area contributed by atoms with Crippen LogP contribution in [0.5, 0.6) is 0 Å². The van der Waals surface area contributed by atoms with E-state index in [1.807, 2.05) is 24.6 Å². The van der Waals surface area contributed by atoms with Crippen LogP contribution in [0.4, 0.5) is 0 Å². The fourth-order valence-electron chi connectivity index (χ4n) is 14.4. The molecule has 11 aliphatic heterocycles. The largest absolute Gasteiger partial charge is 0.446 e. The molecule has 78 heavy (non-hydrogen) atoms. The molecular weight excluding hydrogens is 1140 g/mol. The first-order valence-electron chi connectivity index (χ1n) is 29.5. The molecule has 1 aliphatic carbocycles. The van der Waals surface area contributed by atoms with E-state index < -0.39 is 0 Å². The molecule has 10 nitrogen and oxygen atoms in total. The van der Waals surface area contributed by atoms with Crippen LogP contribution >= 0.6 is 11.8 Å². The Morgan fingerprint density at radius 3 is 1.04 bits per heavy atom. The first-order valence-corrected chi connectivity index (χ1v) is 30.6. The van der Waals surface area contributed by atoms with Crippen molar-refractivity contribution in [1.82, 2.24) is 0 Å². The summed E-state index contributed by atoms with van der Waals surface area (Å²) in [6.45, 7) is 40.4. The average molecular weight is 1240 g/mol. The maximum Gasteiger partial charge on any atom is 0.112 e. The summed E-state index contributed by atoms with van der Waals surface area (Å²) in [6.07, 6.45) is 15.0. The van der Waals surface area contributed by atoms with E-state index in [0.29, 0.717) is 52.6 Å². The fourth-order valence-corrected chi connectivity index (χ4v) is 16.2. The Balaban J connectivity index is 0.000000196. The molecule has 0 spiro atoms. The molecule has 424 valence electrons. The van der Waals surface area contributed by atoms with Crippen LogP contribution in [0.25, 0.3) is 0 Å². The van der Waals surface area contributed by atoms with E-state index in [1.54, 1.807) is 0 Å². The zero-order valence-electron chi connectivity index (χ0n) is 50.6. The third-order valence-electron chi connectivity index (χ3n) is 21.2. The first kappa shape index (κ1) is 73.1. The van der Waals surface area contributed by atoms with Crippen LogP contribution < -0.4 is 0 Å². The van der Waals surface area contributed by atoms with Gasteiger partial charge in [0.2, 0.25) is 0 Å². The monoisotopic (exact) mass is 1240 g/mol. The summed E-state index contributed by atoms with van der Waals surface area (Å²) in [6, 6.07) is -1.01. The first-order chi connectivity index (χ1) is 35.6. The fraction of sp³-hybridized carbons (Fsp3) is 0.931. The number of ether oxygens (including phenoxy) is 10. The molecule has 11 heterocycles. The van der Waals surface area contributed by atoms with Gasteiger partial charge < -0.3 is 74.1 Å². The second-order valence-electron chi connectivity index (χ2n) is 24.5. The van der Waals surface area contributed by atoms with Gasteiger partial charge in [-0.1, -0.05) is 121 Å². The Kier molecular flexibility index (Phi) is 27.9. The number of hydrogen-bond donors (Lipinski definition) is 0. The average Bonchev–Trinajstić information content (AvgIpc) is 4.32.